The van der Waals surface area contributed by atoms with Gasteiger partial charge in [-0.2, -0.15) is 5.26 Å². The van der Waals surface area contributed by atoms with Crippen molar-refractivity contribution in [2.75, 3.05) is 5.32 Å². The van der Waals surface area contributed by atoms with Gasteiger partial charge in [-0.1, -0.05) is 11.6 Å². The highest BCUT2D eigenvalue weighted by molar-refractivity contribution is 7.80. The summed E-state index contributed by atoms with van der Waals surface area (Å²) in [5.41, 5.74) is 1.13. The molecule has 3 nitrogen and oxygen atoms in total. The van der Waals surface area contributed by atoms with E-state index in [0.29, 0.717) is 21.4 Å². The van der Waals surface area contributed by atoms with Crippen LogP contribution in [0.5, 0.6) is 0 Å². The first-order valence-corrected chi connectivity index (χ1v) is 5.58. The highest BCUT2D eigenvalue weighted by Crippen LogP contribution is 2.20. The van der Waals surface area contributed by atoms with Crippen LogP contribution in [0.4, 0.5) is 5.69 Å². The van der Waals surface area contributed by atoms with E-state index in [0.717, 1.165) is 0 Å². The van der Waals surface area contributed by atoms with Crippen LogP contribution in [0.15, 0.2) is 18.2 Å². The predicted octanol–water partition coefficient (Wildman–Crippen LogP) is 2.91. The molecule has 0 heterocycles. The van der Waals surface area contributed by atoms with Gasteiger partial charge in [-0.3, -0.25) is 0 Å². The minimum Gasteiger partial charge on any atom is -0.360 e. The van der Waals surface area contributed by atoms with E-state index in [1.165, 1.54) is 0 Å². The molecule has 0 bridgehead atoms. The maximum absolute atomic E-state index is 8.91. The molecule has 0 fully saturated rings. The van der Waals surface area contributed by atoms with Crippen LogP contribution in [0.25, 0.3) is 0 Å². The Bertz CT molecular complexity index is 437. The van der Waals surface area contributed by atoms with Crippen LogP contribution >= 0.6 is 23.8 Å². The van der Waals surface area contributed by atoms with E-state index >= 15 is 0 Å². The first kappa shape index (κ1) is 12.8. The molecule has 16 heavy (non-hydrogen) atoms. The van der Waals surface area contributed by atoms with Crippen LogP contribution < -0.4 is 10.6 Å². The topological polar surface area (TPSA) is 47.8 Å². The summed E-state index contributed by atoms with van der Waals surface area (Å²) in [5.74, 6) is 0. The number of anilines is 1. The molecular formula is C11H12ClN3S. The molecule has 0 spiro atoms. The van der Waals surface area contributed by atoms with E-state index in [2.05, 4.69) is 16.7 Å². The summed E-state index contributed by atoms with van der Waals surface area (Å²) in [7, 11) is 0. The fourth-order valence-corrected chi connectivity index (χ4v) is 1.66. The maximum Gasteiger partial charge on any atom is 0.171 e. The van der Waals surface area contributed by atoms with Crippen LogP contribution in [0.1, 0.15) is 19.4 Å². The molecule has 0 aliphatic heterocycles. The number of thiocarbonyl (C=S) groups is 1. The zero-order valence-corrected chi connectivity index (χ0v) is 10.6. The average molecular weight is 254 g/mol. The third kappa shape index (κ3) is 3.69. The summed E-state index contributed by atoms with van der Waals surface area (Å²) >= 11 is 10.9. The van der Waals surface area contributed by atoms with E-state index < -0.39 is 0 Å². The minimum absolute atomic E-state index is 0.240. The fourth-order valence-electron chi connectivity index (χ4n) is 1.14. The molecule has 0 saturated heterocycles. The number of hydrogen-bond acceptors (Lipinski definition) is 2. The van der Waals surface area contributed by atoms with Gasteiger partial charge in [0.25, 0.3) is 0 Å². The van der Waals surface area contributed by atoms with Gasteiger partial charge in [-0.15, -0.1) is 0 Å². The fraction of sp³-hybridized carbons (Fsp3) is 0.273. The van der Waals surface area contributed by atoms with Crippen LogP contribution in [-0.4, -0.2) is 11.2 Å². The molecule has 0 atom stereocenters. The largest absolute Gasteiger partial charge is 0.360 e. The number of halogens is 1. The standard InChI is InChI=1S/C11H12ClN3S/c1-7(2)14-11(16)15-10-5-9(12)4-3-8(10)6-13/h3-5,7H,1-2H3,(H2,14,15,16). The summed E-state index contributed by atoms with van der Waals surface area (Å²) in [6.45, 7) is 3.97. The molecule has 1 aromatic rings. The van der Waals surface area contributed by atoms with Crippen LogP contribution in [0, 0.1) is 11.3 Å². The summed E-state index contributed by atoms with van der Waals surface area (Å²) in [4.78, 5) is 0. The summed E-state index contributed by atoms with van der Waals surface area (Å²) < 4.78 is 0. The average Bonchev–Trinajstić information content (AvgIpc) is 2.16. The normalized spacial score (nSPS) is 9.69. The molecule has 0 saturated carbocycles. The van der Waals surface area contributed by atoms with Gasteiger partial charge >= 0.3 is 0 Å². The summed E-state index contributed by atoms with van der Waals surface area (Å²) in [6, 6.07) is 7.31. The molecule has 0 radical (unpaired) electrons. The highest BCUT2D eigenvalue weighted by atomic mass is 35.5. The van der Waals surface area contributed by atoms with Gasteiger partial charge in [0.1, 0.15) is 6.07 Å². The number of nitriles is 1. The van der Waals surface area contributed by atoms with Gasteiger partial charge in [-0.05, 0) is 44.3 Å². The lowest BCUT2D eigenvalue weighted by molar-refractivity contribution is 0.739. The van der Waals surface area contributed by atoms with Crippen molar-refractivity contribution in [2.45, 2.75) is 19.9 Å². The Hall–Kier alpha value is -1.31. The predicted molar refractivity (Wildman–Crippen MR) is 70.7 cm³/mol. The molecule has 84 valence electrons. The van der Waals surface area contributed by atoms with Gasteiger partial charge in [0.15, 0.2) is 5.11 Å². The van der Waals surface area contributed by atoms with Crippen molar-refractivity contribution in [1.82, 2.24) is 5.32 Å². The van der Waals surface area contributed by atoms with Crippen molar-refractivity contribution in [1.29, 1.82) is 5.26 Å². The Labute approximate surface area is 105 Å². The number of benzene rings is 1. The van der Waals surface area contributed by atoms with Crippen molar-refractivity contribution in [2.24, 2.45) is 0 Å². The van der Waals surface area contributed by atoms with Crippen LogP contribution in [-0.2, 0) is 0 Å². The van der Waals surface area contributed by atoms with Gasteiger partial charge in [0.05, 0.1) is 11.3 Å². The van der Waals surface area contributed by atoms with Crippen LogP contribution in [0.2, 0.25) is 5.02 Å². The van der Waals surface area contributed by atoms with E-state index in [1.807, 2.05) is 13.8 Å². The summed E-state index contributed by atoms with van der Waals surface area (Å²) in [5, 5.41) is 15.9. The molecule has 1 rings (SSSR count). The molecule has 0 aliphatic rings. The lowest BCUT2D eigenvalue weighted by Gasteiger charge is -2.14. The van der Waals surface area contributed by atoms with Gasteiger partial charge in [0, 0.05) is 11.1 Å². The lowest BCUT2D eigenvalue weighted by atomic mass is 10.2. The second-order valence-electron chi connectivity index (χ2n) is 3.55. The molecular weight excluding hydrogens is 242 g/mol. The van der Waals surface area contributed by atoms with E-state index in [9.17, 15) is 0 Å². The van der Waals surface area contributed by atoms with Crippen molar-refractivity contribution in [3.63, 3.8) is 0 Å². The Morgan fingerprint density at radius 1 is 1.50 bits per heavy atom. The smallest absolute Gasteiger partial charge is 0.171 e. The zero-order chi connectivity index (χ0) is 12.1. The highest BCUT2D eigenvalue weighted by Gasteiger charge is 2.05. The molecule has 0 unspecified atom stereocenters. The van der Waals surface area contributed by atoms with Gasteiger partial charge < -0.3 is 10.6 Å². The van der Waals surface area contributed by atoms with Gasteiger partial charge in [0.2, 0.25) is 0 Å². The van der Waals surface area contributed by atoms with E-state index in [1.54, 1.807) is 18.2 Å². The number of hydrogen-bond donors (Lipinski definition) is 2. The van der Waals surface area contributed by atoms with Gasteiger partial charge in [-0.25, -0.2) is 0 Å². The second-order valence-corrected chi connectivity index (χ2v) is 4.40. The SMILES string of the molecule is CC(C)NC(=S)Nc1cc(Cl)ccc1C#N. The third-order valence-electron chi connectivity index (χ3n) is 1.77. The quantitative estimate of drug-likeness (QED) is 0.796. The first-order valence-electron chi connectivity index (χ1n) is 4.80. The first-order chi connectivity index (χ1) is 7.52. The Kier molecular flexibility index (Phi) is 4.53. The molecule has 2 N–H and O–H groups in total. The summed E-state index contributed by atoms with van der Waals surface area (Å²) in [6.07, 6.45) is 0. The monoisotopic (exact) mass is 253 g/mol. The zero-order valence-electron chi connectivity index (χ0n) is 9.04. The molecule has 0 aliphatic carbocycles. The van der Waals surface area contributed by atoms with E-state index in [-0.39, 0.29) is 6.04 Å². The Balaban J connectivity index is 2.84. The second kappa shape index (κ2) is 5.69. The molecule has 0 amide bonds. The Morgan fingerprint density at radius 3 is 2.75 bits per heavy atom. The van der Waals surface area contributed by atoms with Crippen LogP contribution in [0.3, 0.4) is 0 Å². The maximum atomic E-state index is 8.91. The van der Waals surface area contributed by atoms with E-state index in [4.69, 9.17) is 29.1 Å². The third-order valence-corrected chi connectivity index (χ3v) is 2.23. The van der Waals surface area contributed by atoms with Crippen molar-refractivity contribution in [3.8, 4) is 6.07 Å². The molecule has 0 aromatic heterocycles. The van der Waals surface area contributed by atoms with Crippen molar-refractivity contribution < 1.29 is 0 Å². The number of nitrogens with zero attached hydrogens (tertiary/aromatic N) is 1. The number of rotatable bonds is 2. The molecule has 5 heteroatoms. The van der Waals surface area contributed by atoms with Crippen molar-refractivity contribution in [3.05, 3.63) is 28.8 Å². The molecule has 1 aromatic carbocycles. The minimum atomic E-state index is 0.240. The number of nitrogens with one attached hydrogen (secondary N) is 2. The Morgan fingerprint density at radius 2 is 2.19 bits per heavy atom. The lowest BCUT2D eigenvalue weighted by Crippen LogP contribution is -2.34. The van der Waals surface area contributed by atoms with Crippen molar-refractivity contribution >= 4 is 34.6 Å².